The second-order valence-electron chi connectivity index (χ2n) is 6.98. The Morgan fingerprint density at radius 1 is 1.03 bits per heavy atom. The van der Waals surface area contributed by atoms with Gasteiger partial charge in [-0.15, -0.1) is 24.0 Å². The first-order valence-corrected chi connectivity index (χ1v) is 10.4. The van der Waals surface area contributed by atoms with Crippen LogP contribution >= 0.6 is 24.0 Å². The van der Waals surface area contributed by atoms with Crippen LogP contribution in [0.4, 0.5) is 5.82 Å². The number of pyridine rings is 1. The molecule has 0 radical (unpaired) electrons. The van der Waals surface area contributed by atoms with E-state index in [1.165, 1.54) is 5.56 Å². The Kier molecular flexibility index (Phi) is 10.8. The van der Waals surface area contributed by atoms with Gasteiger partial charge in [0.05, 0.1) is 6.54 Å². The highest BCUT2D eigenvalue weighted by Crippen LogP contribution is 2.19. The quantitative estimate of drug-likeness (QED) is 0.153. The lowest BCUT2D eigenvalue weighted by Crippen LogP contribution is -2.37. The molecule has 0 amide bonds. The third kappa shape index (κ3) is 8.56. The molecule has 1 aromatic carbocycles. The van der Waals surface area contributed by atoms with Gasteiger partial charge in [-0.3, -0.25) is 0 Å². The minimum absolute atomic E-state index is 0. The highest BCUT2D eigenvalue weighted by molar-refractivity contribution is 14.0. The normalized spacial score (nSPS) is 11.0. The number of oxazole rings is 1. The molecule has 0 atom stereocenters. The predicted molar refractivity (Wildman–Crippen MR) is 137 cm³/mol. The third-order valence-electron chi connectivity index (χ3n) is 4.46. The van der Waals surface area contributed by atoms with Gasteiger partial charge in [0.2, 0.25) is 5.89 Å². The Morgan fingerprint density at radius 2 is 1.84 bits per heavy atom. The van der Waals surface area contributed by atoms with E-state index in [0.29, 0.717) is 12.4 Å². The molecule has 0 fully saturated rings. The summed E-state index contributed by atoms with van der Waals surface area (Å²) >= 11 is 0. The number of hydrogen-bond acceptors (Lipinski definition) is 5. The van der Waals surface area contributed by atoms with E-state index in [2.05, 4.69) is 56.9 Å². The summed E-state index contributed by atoms with van der Waals surface area (Å²) in [5, 5.41) is 9.96. The van der Waals surface area contributed by atoms with Crippen molar-refractivity contribution in [1.29, 1.82) is 0 Å². The van der Waals surface area contributed by atoms with Crippen molar-refractivity contribution in [3.05, 3.63) is 66.2 Å². The minimum atomic E-state index is 0. The van der Waals surface area contributed by atoms with Crippen LogP contribution in [0.3, 0.4) is 0 Å². The van der Waals surface area contributed by atoms with Crippen LogP contribution < -0.4 is 16.0 Å². The van der Waals surface area contributed by atoms with Gasteiger partial charge < -0.3 is 20.4 Å². The largest absolute Gasteiger partial charge is 0.444 e. The van der Waals surface area contributed by atoms with Crippen molar-refractivity contribution < 1.29 is 4.42 Å². The molecule has 2 aromatic heterocycles. The SMILES string of the molecule is CCNC(=NCc1coc(-c2ccc(C)cc2)n1)NCCCCNc1ccccn1.I. The molecule has 0 aliphatic carbocycles. The molecule has 0 spiro atoms. The van der Waals surface area contributed by atoms with Crippen molar-refractivity contribution in [1.82, 2.24) is 20.6 Å². The third-order valence-corrected chi connectivity index (χ3v) is 4.46. The number of anilines is 1. The van der Waals surface area contributed by atoms with Gasteiger partial charge >= 0.3 is 0 Å². The zero-order valence-electron chi connectivity index (χ0n) is 18.1. The van der Waals surface area contributed by atoms with Gasteiger partial charge in [0, 0.05) is 31.4 Å². The number of rotatable bonds is 10. The maximum atomic E-state index is 5.61. The molecule has 2 heterocycles. The summed E-state index contributed by atoms with van der Waals surface area (Å²) in [5.41, 5.74) is 2.99. The standard InChI is InChI=1S/C23H30N6O.HI/c1-3-24-23(27-15-7-6-14-26-21-8-4-5-13-25-21)28-16-20-17-30-22(29-20)19-11-9-18(2)10-12-19;/h4-5,8-13,17H,3,6-7,14-16H2,1-2H3,(H,25,26)(H2,24,27,28);1H. The van der Waals surface area contributed by atoms with Gasteiger partial charge in [0.1, 0.15) is 17.8 Å². The lowest BCUT2D eigenvalue weighted by atomic mass is 10.1. The van der Waals surface area contributed by atoms with Gasteiger partial charge in [-0.2, -0.15) is 0 Å². The van der Waals surface area contributed by atoms with Crippen LogP contribution in [0.1, 0.15) is 31.0 Å². The van der Waals surface area contributed by atoms with E-state index in [-0.39, 0.29) is 24.0 Å². The molecule has 31 heavy (non-hydrogen) atoms. The van der Waals surface area contributed by atoms with Crippen LogP contribution in [-0.4, -0.2) is 35.6 Å². The van der Waals surface area contributed by atoms with Crippen LogP contribution in [0, 0.1) is 6.92 Å². The first-order valence-electron chi connectivity index (χ1n) is 10.4. The van der Waals surface area contributed by atoms with E-state index < -0.39 is 0 Å². The predicted octanol–water partition coefficient (Wildman–Crippen LogP) is 4.61. The van der Waals surface area contributed by atoms with Crippen LogP contribution in [0.5, 0.6) is 0 Å². The fraction of sp³-hybridized carbons (Fsp3) is 0.348. The molecule has 0 bridgehead atoms. The minimum Gasteiger partial charge on any atom is -0.444 e. The number of aromatic nitrogens is 2. The first kappa shape index (κ1) is 24.6. The van der Waals surface area contributed by atoms with Crippen molar-refractivity contribution in [2.24, 2.45) is 4.99 Å². The lowest BCUT2D eigenvalue weighted by molar-refractivity contribution is 0.572. The first-order chi connectivity index (χ1) is 14.7. The van der Waals surface area contributed by atoms with E-state index in [1.54, 1.807) is 12.5 Å². The zero-order valence-corrected chi connectivity index (χ0v) is 20.4. The molecule has 0 aliphatic heterocycles. The van der Waals surface area contributed by atoms with Crippen molar-refractivity contribution in [3.8, 4) is 11.5 Å². The van der Waals surface area contributed by atoms with Crippen LogP contribution in [0.25, 0.3) is 11.5 Å². The number of hydrogen-bond donors (Lipinski definition) is 3. The Balaban J connectivity index is 0.00000341. The van der Waals surface area contributed by atoms with E-state index in [4.69, 9.17) is 4.42 Å². The average molecular weight is 534 g/mol. The van der Waals surface area contributed by atoms with Gasteiger partial charge in [-0.25, -0.2) is 15.0 Å². The summed E-state index contributed by atoms with van der Waals surface area (Å²) in [6.07, 6.45) is 5.55. The topological polar surface area (TPSA) is 87.4 Å². The smallest absolute Gasteiger partial charge is 0.226 e. The summed E-state index contributed by atoms with van der Waals surface area (Å²) in [6.45, 7) is 7.13. The van der Waals surface area contributed by atoms with Gasteiger partial charge in [-0.05, 0) is 51.0 Å². The maximum Gasteiger partial charge on any atom is 0.226 e. The summed E-state index contributed by atoms with van der Waals surface area (Å²) in [4.78, 5) is 13.4. The molecular weight excluding hydrogens is 503 g/mol. The number of benzene rings is 1. The zero-order chi connectivity index (χ0) is 21.0. The molecule has 0 saturated heterocycles. The lowest BCUT2D eigenvalue weighted by Gasteiger charge is -2.11. The van der Waals surface area contributed by atoms with Gasteiger partial charge in [0.15, 0.2) is 5.96 Å². The molecule has 3 rings (SSSR count). The molecule has 3 N–H and O–H groups in total. The Hall–Kier alpha value is -2.62. The number of aliphatic imine (C=N–C) groups is 1. The van der Waals surface area contributed by atoms with Crippen molar-refractivity contribution in [3.63, 3.8) is 0 Å². The summed E-state index contributed by atoms with van der Waals surface area (Å²) in [5.74, 6) is 2.33. The second-order valence-corrected chi connectivity index (χ2v) is 6.98. The molecule has 8 heteroatoms. The van der Waals surface area contributed by atoms with Gasteiger partial charge in [0.25, 0.3) is 0 Å². The Morgan fingerprint density at radius 3 is 2.58 bits per heavy atom. The number of halogens is 1. The molecule has 166 valence electrons. The molecular formula is C23H31IN6O. The summed E-state index contributed by atoms with van der Waals surface area (Å²) in [7, 11) is 0. The number of unbranched alkanes of at least 4 members (excludes halogenated alkanes) is 1. The molecule has 0 unspecified atom stereocenters. The van der Waals surface area contributed by atoms with Crippen molar-refractivity contribution in [2.45, 2.75) is 33.2 Å². The van der Waals surface area contributed by atoms with Crippen LogP contribution in [0.2, 0.25) is 0 Å². The molecule has 3 aromatic rings. The van der Waals surface area contributed by atoms with Crippen molar-refractivity contribution in [2.75, 3.05) is 25.0 Å². The summed E-state index contributed by atoms with van der Waals surface area (Å²) < 4.78 is 5.61. The number of nitrogens with one attached hydrogen (secondary N) is 3. The number of aryl methyl sites for hydroxylation is 1. The average Bonchev–Trinajstić information content (AvgIpc) is 3.24. The van der Waals surface area contributed by atoms with Crippen molar-refractivity contribution >= 4 is 35.8 Å². The highest BCUT2D eigenvalue weighted by Gasteiger charge is 2.06. The van der Waals surface area contributed by atoms with E-state index in [1.807, 2.05) is 30.3 Å². The van der Waals surface area contributed by atoms with E-state index in [0.717, 1.165) is 55.5 Å². The van der Waals surface area contributed by atoms with Gasteiger partial charge in [-0.1, -0.05) is 23.8 Å². The molecule has 0 aliphatic rings. The van der Waals surface area contributed by atoms with E-state index >= 15 is 0 Å². The Labute approximate surface area is 201 Å². The molecule has 7 nitrogen and oxygen atoms in total. The monoisotopic (exact) mass is 534 g/mol. The second kappa shape index (κ2) is 13.6. The fourth-order valence-corrected chi connectivity index (χ4v) is 2.85. The fourth-order valence-electron chi connectivity index (χ4n) is 2.85. The maximum absolute atomic E-state index is 5.61. The van der Waals surface area contributed by atoms with E-state index in [9.17, 15) is 0 Å². The Bertz CT molecular complexity index is 911. The number of nitrogens with zero attached hydrogens (tertiary/aromatic N) is 3. The van der Waals surface area contributed by atoms with Crippen LogP contribution in [0.15, 0.2) is 64.3 Å². The van der Waals surface area contributed by atoms with Crippen LogP contribution in [-0.2, 0) is 6.54 Å². The summed E-state index contributed by atoms with van der Waals surface area (Å²) in [6, 6.07) is 14.0. The highest BCUT2D eigenvalue weighted by atomic mass is 127. The molecule has 0 saturated carbocycles. The number of guanidine groups is 1.